The number of ketones is 1. The molecule has 1 amide bonds. The highest BCUT2D eigenvalue weighted by atomic mass is 16.5. The number of carbonyl (C=O) groups is 2. The molecule has 144 valence electrons. The number of methoxy groups -OCH3 is 3. The quantitative estimate of drug-likeness (QED) is 0.882. The van der Waals surface area contributed by atoms with Gasteiger partial charge in [0.15, 0.2) is 17.3 Å². The summed E-state index contributed by atoms with van der Waals surface area (Å²) in [5, 5.41) is 0.783. The van der Waals surface area contributed by atoms with Gasteiger partial charge in [-0.15, -0.1) is 0 Å². The number of fused-ring (bicyclic) bond motifs is 1. The van der Waals surface area contributed by atoms with E-state index in [0.717, 1.165) is 17.5 Å². The standard InChI is InChI=1S/C21H20N2O5/c1-26-15-7-11-6-14(22-17(11)19(28-3)18(15)27-2)20(25)23-10-12-9-21(12)5-4-13(24)8-16(21)23/h4-8,12,22H,9-10H2,1-3H3. The fourth-order valence-corrected chi connectivity index (χ4v) is 4.57. The molecule has 0 bridgehead atoms. The fraction of sp³-hybridized carbons (Fsp3) is 0.333. The number of rotatable bonds is 4. The van der Waals surface area contributed by atoms with Gasteiger partial charge in [0.1, 0.15) is 5.69 Å². The number of ether oxygens (including phenoxy) is 3. The number of aromatic amines is 1. The number of hydrogen-bond donors (Lipinski definition) is 1. The first kappa shape index (κ1) is 16.9. The summed E-state index contributed by atoms with van der Waals surface area (Å²) < 4.78 is 16.3. The number of likely N-dealkylation sites (tertiary alicyclic amines) is 1. The zero-order valence-corrected chi connectivity index (χ0v) is 15.9. The van der Waals surface area contributed by atoms with Crippen molar-refractivity contribution in [1.29, 1.82) is 0 Å². The van der Waals surface area contributed by atoms with E-state index in [-0.39, 0.29) is 17.1 Å². The third-order valence-corrected chi connectivity index (χ3v) is 6.04. The first-order valence-corrected chi connectivity index (χ1v) is 9.11. The van der Waals surface area contributed by atoms with Gasteiger partial charge in [0.05, 0.1) is 26.8 Å². The van der Waals surface area contributed by atoms with E-state index in [1.54, 1.807) is 43.4 Å². The minimum atomic E-state index is -0.155. The molecule has 1 N–H and O–H groups in total. The topological polar surface area (TPSA) is 80.9 Å². The van der Waals surface area contributed by atoms with Gasteiger partial charge in [0.2, 0.25) is 5.75 Å². The molecule has 2 heterocycles. The van der Waals surface area contributed by atoms with Crippen molar-refractivity contribution in [2.24, 2.45) is 11.3 Å². The molecule has 2 atom stereocenters. The van der Waals surface area contributed by atoms with Crippen LogP contribution in [-0.2, 0) is 4.79 Å². The number of hydrogen-bond acceptors (Lipinski definition) is 5. The Morgan fingerprint density at radius 3 is 2.68 bits per heavy atom. The predicted molar refractivity (Wildman–Crippen MR) is 102 cm³/mol. The maximum Gasteiger partial charge on any atom is 0.274 e. The van der Waals surface area contributed by atoms with Gasteiger partial charge in [-0.25, -0.2) is 0 Å². The van der Waals surface area contributed by atoms with Crippen molar-refractivity contribution in [2.75, 3.05) is 27.9 Å². The summed E-state index contributed by atoms with van der Waals surface area (Å²) in [6.07, 6.45) is 6.18. The monoisotopic (exact) mass is 380 g/mol. The van der Waals surface area contributed by atoms with Crippen LogP contribution >= 0.6 is 0 Å². The number of aromatic nitrogens is 1. The summed E-state index contributed by atoms with van der Waals surface area (Å²) in [5.74, 6) is 1.64. The molecule has 1 aromatic carbocycles. The zero-order valence-electron chi connectivity index (χ0n) is 15.9. The molecule has 7 heteroatoms. The molecule has 2 aromatic rings. The smallest absolute Gasteiger partial charge is 0.274 e. The van der Waals surface area contributed by atoms with Crippen molar-refractivity contribution in [3.63, 3.8) is 0 Å². The molecule has 1 saturated carbocycles. The number of piperidine rings is 1. The number of allylic oxidation sites excluding steroid dienone is 3. The lowest BCUT2D eigenvalue weighted by Gasteiger charge is -2.24. The molecule has 7 nitrogen and oxygen atoms in total. The van der Waals surface area contributed by atoms with Gasteiger partial charge in [-0.05, 0) is 30.5 Å². The maximum atomic E-state index is 13.3. The van der Waals surface area contributed by atoms with Crippen molar-refractivity contribution < 1.29 is 23.8 Å². The Kier molecular flexibility index (Phi) is 3.41. The molecular formula is C21H20N2O5. The minimum absolute atomic E-state index is 0.0706. The van der Waals surface area contributed by atoms with Gasteiger partial charge in [-0.3, -0.25) is 9.59 Å². The highest BCUT2D eigenvalue weighted by molar-refractivity contribution is 6.05. The second-order valence-corrected chi connectivity index (χ2v) is 7.42. The summed E-state index contributed by atoms with van der Waals surface area (Å²) in [7, 11) is 4.64. The number of benzene rings is 1. The molecule has 1 spiro atoms. The van der Waals surface area contributed by atoms with E-state index in [9.17, 15) is 9.59 Å². The summed E-state index contributed by atoms with van der Waals surface area (Å²) in [6.45, 7) is 0.626. The van der Waals surface area contributed by atoms with Crippen molar-refractivity contribution >= 4 is 22.6 Å². The molecule has 2 aliphatic carbocycles. The molecular weight excluding hydrogens is 360 g/mol. The highest BCUT2D eigenvalue weighted by Crippen LogP contribution is 2.65. The molecule has 5 rings (SSSR count). The average Bonchev–Trinajstić information content (AvgIpc) is 3.07. The Bertz CT molecular complexity index is 1100. The van der Waals surface area contributed by atoms with E-state index < -0.39 is 0 Å². The lowest BCUT2D eigenvalue weighted by atomic mass is 9.95. The lowest BCUT2D eigenvalue weighted by Crippen LogP contribution is -2.31. The van der Waals surface area contributed by atoms with Gasteiger partial charge in [0.25, 0.3) is 5.91 Å². The van der Waals surface area contributed by atoms with E-state index in [2.05, 4.69) is 4.98 Å². The van der Waals surface area contributed by atoms with Crippen LogP contribution in [0.5, 0.6) is 17.2 Å². The Morgan fingerprint density at radius 2 is 1.96 bits per heavy atom. The highest BCUT2D eigenvalue weighted by Gasteiger charge is 2.63. The van der Waals surface area contributed by atoms with Crippen molar-refractivity contribution in [1.82, 2.24) is 9.88 Å². The van der Waals surface area contributed by atoms with Crippen LogP contribution in [0.3, 0.4) is 0 Å². The number of nitrogens with one attached hydrogen (secondary N) is 1. The SMILES string of the molecule is COc1cc2cc(C(=O)N3CC4CC45C=CC(=O)C=C35)[nH]c2c(OC)c1OC. The van der Waals surface area contributed by atoms with Crippen LogP contribution in [0.25, 0.3) is 10.9 Å². The first-order valence-electron chi connectivity index (χ1n) is 9.11. The third kappa shape index (κ3) is 2.10. The van der Waals surface area contributed by atoms with Crippen LogP contribution in [0, 0.1) is 11.3 Å². The van der Waals surface area contributed by atoms with E-state index in [1.807, 2.05) is 6.08 Å². The Hall–Kier alpha value is -3.22. The van der Waals surface area contributed by atoms with E-state index in [1.165, 1.54) is 7.11 Å². The second kappa shape index (κ2) is 5.64. The summed E-state index contributed by atoms with van der Waals surface area (Å²) in [4.78, 5) is 30.0. The van der Waals surface area contributed by atoms with Crippen LogP contribution in [0.2, 0.25) is 0 Å². The number of nitrogens with zero attached hydrogens (tertiary/aromatic N) is 1. The maximum absolute atomic E-state index is 13.3. The number of H-pyrrole nitrogens is 1. The zero-order chi connectivity index (χ0) is 19.6. The van der Waals surface area contributed by atoms with Crippen molar-refractivity contribution in [3.05, 3.63) is 41.8 Å². The molecule has 1 aromatic heterocycles. The Labute approximate surface area is 161 Å². The average molecular weight is 380 g/mol. The van der Waals surface area contributed by atoms with Gasteiger partial charge in [-0.2, -0.15) is 0 Å². The molecule has 2 unspecified atom stereocenters. The van der Waals surface area contributed by atoms with Crippen molar-refractivity contribution in [3.8, 4) is 17.2 Å². The lowest BCUT2D eigenvalue weighted by molar-refractivity contribution is -0.110. The van der Waals surface area contributed by atoms with Gasteiger partial charge >= 0.3 is 0 Å². The van der Waals surface area contributed by atoms with Crippen LogP contribution in [0.1, 0.15) is 16.9 Å². The first-order chi connectivity index (χ1) is 13.5. The number of carbonyl (C=O) groups excluding carboxylic acids is 2. The Balaban J connectivity index is 1.57. The van der Waals surface area contributed by atoms with E-state index >= 15 is 0 Å². The molecule has 28 heavy (non-hydrogen) atoms. The predicted octanol–water partition coefficient (Wildman–Crippen LogP) is 2.68. The largest absolute Gasteiger partial charge is 0.493 e. The normalized spacial score (nSPS) is 24.7. The minimum Gasteiger partial charge on any atom is -0.493 e. The molecule has 3 aliphatic rings. The molecule has 1 saturated heterocycles. The summed E-state index contributed by atoms with van der Waals surface area (Å²) in [6, 6.07) is 3.58. The molecule has 1 aliphatic heterocycles. The van der Waals surface area contributed by atoms with Crippen LogP contribution in [0.15, 0.2) is 36.1 Å². The molecule has 2 fully saturated rings. The van der Waals surface area contributed by atoms with Crippen LogP contribution in [-0.4, -0.2) is 49.4 Å². The van der Waals surface area contributed by atoms with Gasteiger partial charge in [-0.1, -0.05) is 6.08 Å². The summed E-state index contributed by atoms with van der Waals surface area (Å²) in [5.41, 5.74) is 1.79. The van der Waals surface area contributed by atoms with Gasteiger partial charge < -0.3 is 24.1 Å². The second-order valence-electron chi connectivity index (χ2n) is 7.42. The van der Waals surface area contributed by atoms with Crippen LogP contribution in [0.4, 0.5) is 0 Å². The van der Waals surface area contributed by atoms with Gasteiger partial charge in [0, 0.05) is 29.1 Å². The number of amides is 1. The van der Waals surface area contributed by atoms with Crippen molar-refractivity contribution in [2.45, 2.75) is 6.42 Å². The van der Waals surface area contributed by atoms with Crippen LogP contribution < -0.4 is 14.2 Å². The Morgan fingerprint density at radius 1 is 1.18 bits per heavy atom. The van der Waals surface area contributed by atoms with E-state index in [0.29, 0.717) is 40.9 Å². The molecule has 0 radical (unpaired) electrons. The van der Waals surface area contributed by atoms with E-state index in [4.69, 9.17) is 14.2 Å². The fourth-order valence-electron chi connectivity index (χ4n) is 4.57. The summed E-state index contributed by atoms with van der Waals surface area (Å²) >= 11 is 0. The third-order valence-electron chi connectivity index (χ3n) is 6.04.